The van der Waals surface area contributed by atoms with E-state index in [4.69, 9.17) is 4.74 Å². The molecule has 4 nitrogen and oxygen atoms in total. The van der Waals surface area contributed by atoms with Gasteiger partial charge in [-0.25, -0.2) is 9.18 Å². The Balaban J connectivity index is 1.41. The third-order valence-corrected chi connectivity index (χ3v) is 6.77. The van der Waals surface area contributed by atoms with Gasteiger partial charge in [0.15, 0.2) is 0 Å². The molecule has 6 rings (SSSR count). The molecule has 0 saturated heterocycles. The Morgan fingerprint density at radius 1 is 1.12 bits per heavy atom. The summed E-state index contributed by atoms with van der Waals surface area (Å²) in [5.41, 5.74) is -2.14. The molecule has 0 aliphatic heterocycles. The maximum atomic E-state index is 13.4. The highest BCUT2D eigenvalue weighted by atomic mass is 19.1. The first-order valence-electron chi connectivity index (χ1n) is 9.16. The fourth-order valence-corrected chi connectivity index (χ4v) is 6.10. The summed E-state index contributed by atoms with van der Waals surface area (Å²) >= 11 is 0. The molecule has 0 amide bonds. The third kappa shape index (κ3) is 2.21. The SMILES string of the molecule is O=C(OC12CC3CC(CC(C3)C1)C2)C1(O)Cc2ccc(F)cc2C1=O. The number of halogens is 1. The van der Waals surface area contributed by atoms with Crippen LogP contribution in [0.15, 0.2) is 18.2 Å². The van der Waals surface area contributed by atoms with Gasteiger partial charge in [0.1, 0.15) is 11.4 Å². The van der Waals surface area contributed by atoms with E-state index in [0.29, 0.717) is 23.3 Å². The number of carbonyl (C=O) groups is 2. The van der Waals surface area contributed by atoms with Crippen molar-refractivity contribution >= 4 is 11.8 Å². The number of rotatable bonds is 2. The molecule has 4 saturated carbocycles. The van der Waals surface area contributed by atoms with Crippen LogP contribution in [0, 0.1) is 23.6 Å². The number of ketones is 1. The van der Waals surface area contributed by atoms with Gasteiger partial charge in [0.05, 0.1) is 0 Å². The summed E-state index contributed by atoms with van der Waals surface area (Å²) in [6.07, 6.45) is 6.04. The minimum Gasteiger partial charge on any atom is -0.457 e. The highest BCUT2D eigenvalue weighted by molar-refractivity contribution is 6.18. The van der Waals surface area contributed by atoms with E-state index >= 15 is 0 Å². The predicted octanol–water partition coefficient (Wildman–Crippen LogP) is 2.81. The van der Waals surface area contributed by atoms with Gasteiger partial charge in [-0.2, -0.15) is 0 Å². The van der Waals surface area contributed by atoms with Crippen molar-refractivity contribution in [1.29, 1.82) is 0 Å². The zero-order chi connectivity index (χ0) is 17.4. The van der Waals surface area contributed by atoms with Crippen LogP contribution in [0.3, 0.4) is 0 Å². The van der Waals surface area contributed by atoms with Gasteiger partial charge < -0.3 is 9.84 Å². The molecule has 25 heavy (non-hydrogen) atoms. The van der Waals surface area contributed by atoms with Crippen molar-refractivity contribution in [3.05, 3.63) is 35.1 Å². The summed E-state index contributed by atoms with van der Waals surface area (Å²) in [7, 11) is 0. The molecule has 1 unspecified atom stereocenters. The number of fused-ring (bicyclic) bond motifs is 1. The maximum Gasteiger partial charge on any atom is 0.347 e. The van der Waals surface area contributed by atoms with Gasteiger partial charge >= 0.3 is 5.97 Å². The molecule has 4 fully saturated rings. The van der Waals surface area contributed by atoms with E-state index in [1.807, 2.05) is 0 Å². The van der Waals surface area contributed by atoms with E-state index in [1.165, 1.54) is 31.4 Å². The van der Waals surface area contributed by atoms with Crippen LogP contribution in [0.1, 0.15) is 54.4 Å². The standard InChI is InChI=1S/C20H21FO4/c21-15-2-1-14-10-20(24,17(22)16(14)6-15)18(23)25-19-7-11-3-12(8-19)5-13(4-11)9-19/h1-2,6,11-13,24H,3-5,7-10H2. The van der Waals surface area contributed by atoms with E-state index < -0.39 is 28.8 Å². The Hall–Kier alpha value is -1.75. The monoisotopic (exact) mass is 344 g/mol. The molecule has 1 atom stereocenters. The molecular weight excluding hydrogens is 323 g/mol. The van der Waals surface area contributed by atoms with Crippen molar-refractivity contribution in [3.8, 4) is 0 Å². The largest absolute Gasteiger partial charge is 0.457 e. The number of ether oxygens (including phenoxy) is 1. The molecule has 1 aromatic rings. The minimum absolute atomic E-state index is 0.0879. The number of benzene rings is 1. The van der Waals surface area contributed by atoms with Crippen molar-refractivity contribution in [3.63, 3.8) is 0 Å². The van der Waals surface area contributed by atoms with Crippen molar-refractivity contribution in [2.45, 2.75) is 56.1 Å². The molecule has 0 radical (unpaired) electrons. The number of carbonyl (C=O) groups excluding carboxylic acids is 2. The fraction of sp³-hybridized carbons (Fsp3) is 0.600. The smallest absolute Gasteiger partial charge is 0.347 e. The summed E-state index contributed by atoms with van der Waals surface area (Å²) in [5, 5.41) is 10.8. The molecular formula is C20H21FO4. The lowest BCUT2D eigenvalue weighted by Gasteiger charge is -2.56. The van der Waals surface area contributed by atoms with Gasteiger partial charge in [-0.3, -0.25) is 4.79 Å². The van der Waals surface area contributed by atoms with Crippen LogP contribution < -0.4 is 0 Å². The van der Waals surface area contributed by atoms with E-state index in [0.717, 1.165) is 25.3 Å². The van der Waals surface area contributed by atoms with Crippen molar-refractivity contribution in [2.75, 3.05) is 0 Å². The van der Waals surface area contributed by atoms with E-state index in [-0.39, 0.29) is 12.0 Å². The molecule has 1 aromatic carbocycles. The Morgan fingerprint density at radius 3 is 2.32 bits per heavy atom. The highest BCUT2D eigenvalue weighted by Crippen LogP contribution is 2.57. The predicted molar refractivity (Wildman–Crippen MR) is 86.4 cm³/mol. The van der Waals surface area contributed by atoms with E-state index in [1.54, 1.807) is 0 Å². The van der Waals surface area contributed by atoms with Crippen LogP contribution in [0.25, 0.3) is 0 Å². The quantitative estimate of drug-likeness (QED) is 0.662. The van der Waals surface area contributed by atoms with Crippen LogP contribution in [0.4, 0.5) is 4.39 Å². The van der Waals surface area contributed by atoms with E-state index in [9.17, 15) is 19.1 Å². The molecule has 5 aliphatic rings. The Bertz CT molecular complexity index is 751. The molecule has 0 spiro atoms. The topological polar surface area (TPSA) is 63.6 Å². The van der Waals surface area contributed by atoms with Crippen LogP contribution >= 0.6 is 0 Å². The second-order valence-electron chi connectivity index (χ2n) is 8.66. The normalized spacial score (nSPS) is 41.0. The lowest BCUT2D eigenvalue weighted by molar-refractivity contribution is -0.199. The average molecular weight is 344 g/mol. The van der Waals surface area contributed by atoms with Crippen molar-refractivity contribution in [1.82, 2.24) is 0 Å². The lowest BCUT2D eigenvalue weighted by Crippen LogP contribution is -2.56. The van der Waals surface area contributed by atoms with Crippen LogP contribution in [0.5, 0.6) is 0 Å². The summed E-state index contributed by atoms with van der Waals surface area (Å²) in [6.45, 7) is 0. The van der Waals surface area contributed by atoms with Crippen LogP contribution in [-0.2, 0) is 16.0 Å². The number of Topliss-reactive ketones (excluding diaryl/α,β-unsaturated/α-hetero) is 1. The summed E-state index contributed by atoms with van der Waals surface area (Å²) in [6, 6.07) is 3.79. The van der Waals surface area contributed by atoms with Crippen LogP contribution in [-0.4, -0.2) is 28.1 Å². The number of hydrogen-bond donors (Lipinski definition) is 1. The van der Waals surface area contributed by atoms with Crippen LogP contribution in [0.2, 0.25) is 0 Å². The molecule has 4 bridgehead atoms. The molecule has 0 aromatic heterocycles. The first kappa shape index (κ1) is 15.5. The summed E-state index contributed by atoms with van der Waals surface area (Å²) in [4.78, 5) is 25.4. The van der Waals surface area contributed by atoms with Gasteiger partial charge in [-0.15, -0.1) is 0 Å². The van der Waals surface area contributed by atoms with Gasteiger partial charge in [0, 0.05) is 12.0 Å². The molecule has 1 N–H and O–H groups in total. The van der Waals surface area contributed by atoms with Gasteiger partial charge in [0.25, 0.3) is 0 Å². The van der Waals surface area contributed by atoms with Crippen molar-refractivity contribution < 1.29 is 23.8 Å². The second-order valence-corrected chi connectivity index (χ2v) is 8.66. The zero-order valence-electron chi connectivity index (χ0n) is 14.0. The molecule has 0 heterocycles. The summed E-state index contributed by atoms with van der Waals surface area (Å²) in [5.74, 6) is -0.351. The summed E-state index contributed by atoms with van der Waals surface area (Å²) < 4.78 is 19.3. The number of hydrogen-bond acceptors (Lipinski definition) is 4. The third-order valence-electron chi connectivity index (χ3n) is 6.77. The van der Waals surface area contributed by atoms with Crippen molar-refractivity contribution in [2.24, 2.45) is 17.8 Å². The molecule has 132 valence electrons. The van der Waals surface area contributed by atoms with Gasteiger partial charge in [-0.05, 0) is 74.0 Å². The maximum absolute atomic E-state index is 13.4. The Kier molecular flexibility index (Phi) is 3.04. The zero-order valence-corrected chi connectivity index (χ0v) is 14.0. The number of aliphatic hydroxyl groups is 1. The Labute approximate surface area is 145 Å². The lowest BCUT2D eigenvalue weighted by atomic mass is 9.54. The fourth-order valence-electron chi connectivity index (χ4n) is 6.10. The highest BCUT2D eigenvalue weighted by Gasteiger charge is 2.57. The minimum atomic E-state index is -2.21. The van der Waals surface area contributed by atoms with Gasteiger partial charge in [0.2, 0.25) is 11.4 Å². The van der Waals surface area contributed by atoms with E-state index in [2.05, 4.69) is 0 Å². The first-order chi connectivity index (χ1) is 11.9. The average Bonchev–Trinajstić information content (AvgIpc) is 2.78. The second kappa shape index (κ2) is 4.91. The Morgan fingerprint density at radius 2 is 1.72 bits per heavy atom. The van der Waals surface area contributed by atoms with Gasteiger partial charge in [-0.1, -0.05) is 6.07 Å². The number of esters is 1. The molecule has 5 heteroatoms. The molecule has 5 aliphatic carbocycles. The first-order valence-corrected chi connectivity index (χ1v) is 9.16.